The average Bonchev–Trinajstić information content (AvgIpc) is 3.01. The molecule has 2 aromatic rings. The fourth-order valence-electron chi connectivity index (χ4n) is 2.68. The Labute approximate surface area is 118 Å². The van der Waals surface area contributed by atoms with Crippen molar-refractivity contribution in [3.05, 3.63) is 34.7 Å². The first kappa shape index (κ1) is 12.7. The number of benzene rings is 1. The van der Waals surface area contributed by atoms with E-state index in [2.05, 4.69) is 43.4 Å². The van der Waals surface area contributed by atoms with Gasteiger partial charge in [0.05, 0.1) is 5.69 Å². The van der Waals surface area contributed by atoms with Gasteiger partial charge in [-0.15, -0.1) is 11.3 Å². The maximum Gasteiger partial charge on any atom is 0.183 e. The van der Waals surface area contributed by atoms with Crippen LogP contribution in [0, 0.1) is 13.8 Å². The van der Waals surface area contributed by atoms with E-state index in [0.29, 0.717) is 6.04 Å². The van der Waals surface area contributed by atoms with Gasteiger partial charge in [0, 0.05) is 16.5 Å². The molecule has 2 nitrogen and oxygen atoms in total. The summed E-state index contributed by atoms with van der Waals surface area (Å²) in [5, 5.41) is 4.67. The highest BCUT2D eigenvalue weighted by Crippen LogP contribution is 2.32. The molecule has 1 aliphatic carbocycles. The van der Waals surface area contributed by atoms with Crippen molar-refractivity contribution in [2.24, 2.45) is 0 Å². The summed E-state index contributed by atoms with van der Waals surface area (Å²) in [5.74, 6) is 0. The summed E-state index contributed by atoms with van der Waals surface area (Å²) in [4.78, 5) is 6.08. The second kappa shape index (κ2) is 5.33. The van der Waals surface area contributed by atoms with Crippen molar-refractivity contribution in [3.63, 3.8) is 0 Å². The molecule has 0 spiro atoms. The Balaban J connectivity index is 1.82. The molecule has 0 radical (unpaired) electrons. The third-order valence-electron chi connectivity index (χ3n) is 3.80. The molecule has 0 bridgehead atoms. The SMILES string of the molecule is Cc1ccc(-c2nc(NC3CCCC3)sc2C)cc1. The van der Waals surface area contributed by atoms with E-state index in [-0.39, 0.29) is 0 Å². The van der Waals surface area contributed by atoms with Gasteiger partial charge in [-0.1, -0.05) is 42.7 Å². The van der Waals surface area contributed by atoms with Gasteiger partial charge < -0.3 is 5.32 Å². The summed E-state index contributed by atoms with van der Waals surface area (Å²) in [6, 6.07) is 9.26. The lowest BCUT2D eigenvalue weighted by Gasteiger charge is -2.09. The van der Waals surface area contributed by atoms with E-state index < -0.39 is 0 Å². The van der Waals surface area contributed by atoms with Crippen LogP contribution in [0.3, 0.4) is 0 Å². The summed E-state index contributed by atoms with van der Waals surface area (Å²) < 4.78 is 0. The molecule has 19 heavy (non-hydrogen) atoms. The molecule has 1 aromatic heterocycles. The number of aromatic nitrogens is 1. The van der Waals surface area contributed by atoms with Gasteiger partial charge in [-0.05, 0) is 26.7 Å². The number of aryl methyl sites for hydroxylation is 2. The Morgan fingerprint density at radius 3 is 2.47 bits per heavy atom. The van der Waals surface area contributed by atoms with Crippen molar-refractivity contribution < 1.29 is 0 Å². The van der Waals surface area contributed by atoms with Crippen molar-refractivity contribution >= 4 is 16.5 Å². The van der Waals surface area contributed by atoms with Gasteiger partial charge in [0.25, 0.3) is 0 Å². The van der Waals surface area contributed by atoms with Crippen LogP contribution in [0.4, 0.5) is 5.13 Å². The lowest BCUT2D eigenvalue weighted by Crippen LogP contribution is -2.13. The van der Waals surface area contributed by atoms with Gasteiger partial charge in [-0.2, -0.15) is 0 Å². The Hall–Kier alpha value is -1.35. The number of hydrogen-bond donors (Lipinski definition) is 1. The summed E-state index contributed by atoms with van der Waals surface area (Å²) in [6.07, 6.45) is 5.29. The number of anilines is 1. The van der Waals surface area contributed by atoms with Gasteiger partial charge in [0.1, 0.15) is 0 Å². The Kier molecular flexibility index (Phi) is 3.56. The van der Waals surface area contributed by atoms with Gasteiger partial charge >= 0.3 is 0 Å². The molecule has 0 saturated heterocycles. The van der Waals surface area contributed by atoms with Gasteiger partial charge in [-0.25, -0.2) is 4.98 Å². The second-order valence-electron chi connectivity index (χ2n) is 5.42. The molecule has 1 aliphatic rings. The van der Waals surface area contributed by atoms with Crippen LogP contribution < -0.4 is 5.32 Å². The highest BCUT2D eigenvalue weighted by Gasteiger charge is 2.17. The highest BCUT2D eigenvalue weighted by atomic mass is 32.1. The molecule has 1 fully saturated rings. The summed E-state index contributed by atoms with van der Waals surface area (Å²) >= 11 is 1.78. The third-order valence-corrected chi connectivity index (χ3v) is 4.71. The van der Waals surface area contributed by atoms with Gasteiger partial charge in [0.2, 0.25) is 0 Å². The first-order chi connectivity index (χ1) is 9.22. The van der Waals surface area contributed by atoms with Crippen LogP contribution in [-0.2, 0) is 0 Å². The van der Waals surface area contributed by atoms with Crippen LogP contribution in [0.2, 0.25) is 0 Å². The van der Waals surface area contributed by atoms with E-state index >= 15 is 0 Å². The van der Waals surface area contributed by atoms with E-state index in [0.717, 1.165) is 10.8 Å². The van der Waals surface area contributed by atoms with Crippen molar-refractivity contribution in [3.8, 4) is 11.3 Å². The first-order valence-corrected chi connectivity index (χ1v) is 7.85. The molecular formula is C16H20N2S. The van der Waals surface area contributed by atoms with E-state index in [1.807, 2.05) is 0 Å². The van der Waals surface area contributed by atoms with Crippen LogP contribution in [0.1, 0.15) is 36.1 Å². The number of nitrogens with one attached hydrogen (secondary N) is 1. The topological polar surface area (TPSA) is 24.9 Å². The van der Waals surface area contributed by atoms with Gasteiger partial charge in [0.15, 0.2) is 5.13 Å². The van der Waals surface area contributed by atoms with Crippen molar-refractivity contribution in [1.29, 1.82) is 0 Å². The second-order valence-corrected chi connectivity index (χ2v) is 6.62. The number of hydrogen-bond acceptors (Lipinski definition) is 3. The van der Waals surface area contributed by atoms with Crippen LogP contribution in [0.25, 0.3) is 11.3 Å². The predicted octanol–water partition coefficient (Wildman–Crippen LogP) is 4.78. The zero-order valence-corrected chi connectivity index (χ0v) is 12.4. The Morgan fingerprint density at radius 1 is 1.11 bits per heavy atom. The van der Waals surface area contributed by atoms with Crippen molar-refractivity contribution in [2.45, 2.75) is 45.6 Å². The molecule has 100 valence electrons. The van der Waals surface area contributed by atoms with E-state index in [1.165, 1.54) is 41.7 Å². The zero-order valence-electron chi connectivity index (χ0n) is 11.6. The highest BCUT2D eigenvalue weighted by molar-refractivity contribution is 7.16. The van der Waals surface area contributed by atoms with Crippen LogP contribution in [0.15, 0.2) is 24.3 Å². The number of thiazole rings is 1. The van der Waals surface area contributed by atoms with Crippen LogP contribution in [0.5, 0.6) is 0 Å². The smallest absolute Gasteiger partial charge is 0.183 e. The van der Waals surface area contributed by atoms with Crippen LogP contribution >= 0.6 is 11.3 Å². The molecule has 0 amide bonds. The zero-order chi connectivity index (χ0) is 13.2. The lowest BCUT2D eigenvalue weighted by atomic mass is 10.1. The molecule has 0 aliphatic heterocycles. The molecule has 3 heteroatoms. The van der Waals surface area contributed by atoms with Crippen molar-refractivity contribution in [2.75, 3.05) is 5.32 Å². The standard InChI is InChI=1S/C16H20N2S/c1-11-7-9-13(10-8-11)15-12(2)19-16(18-15)17-14-5-3-4-6-14/h7-10,14H,3-6H2,1-2H3,(H,17,18). The largest absolute Gasteiger partial charge is 0.359 e. The molecule has 0 atom stereocenters. The fourth-order valence-corrected chi connectivity index (χ4v) is 3.59. The number of nitrogens with zero attached hydrogens (tertiary/aromatic N) is 1. The summed E-state index contributed by atoms with van der Waals surface area (Å²) in [7, 11) is 0. The number of rotatable bonds is 3. The van der Waals surface area contributed by atoms with Crippen molar-refractivity contribution in [1.82, 2.24) is 4.98 Å². The third kappa shape index (κ3) is 2.81. The maximum absolute atomic E-state index is 4.78. The molecule has 1 aromatic carbocycles. The summed E-state index contributed by atoms with van der Waals surface area (Å²) in [6.45, 7) is 4.28. The van der Waals surface area contributed by atoms with Crippen LogP contribution in [-0.4, -0.2) is 11.0 Å². The monoisotopic (exact) mass is 272 g/mol. The fraction of sp³-hybridized carbons (Fsp3) is 0.438. The van der Waals surface area contributed by atoms with Gasteiger partial charge in [-0.3, -0.25) is 0 Å². The normalized spacial score (nSPS) is 15.9. The minimum absolute atomic E-state index is 0.636. The average molecular weight is 272 g/mol. The molecule has 1 saturated carbocycles. The molecule has 1 N–H and O–H groups in total. The minimum atomic E-state index is 0.636. The molecule has 3 rings (SSSR count). The van der Waals surface area contributed by atoms with E-state index in [1.54, 1.807) is 11.3 Å². The van der Waals surface area contributed by atoms with E-state index in [4.69, 9.17) is 4.98 Å². The quantitative estimate of drug-likeness (QED) is 0.869. The minimum Gasteiger partial charge on any atom is -0.359 e. The molecule has 1 heterocycles. The molecular weight excluding hydrogens is 252 g/mol. The molecule has 0 unspecified atom stereocenters. The maximum atomic E-state index is 4.78. The predicted molar refractivity (Wildman–Crippen MR) is 82.9 cm³/mol. The van der Waals surface area contributed by atoms with E-state index in [9.17, 15) is 0 Å². The Morgan fingerprint density at radius 2 is 1.79 bits per heavy atom. The summed E-state index contributed by atoms with van der Waals surface area (Å²) in [5.41, 5.74) is 3.64. The Bertz CT molecular complexity index is 551. The lowest BCUT2D eigenvalue weighted by molar-refractivity contribution is 0.754. The first-order valence-electron chi connectivity index (χ1n) is 7.03.